The maximum Gasteiger partial charge on any atom is 0.119 e. The number of aryl methyl sites for hydroxylation is 1. The quantitative estimate of drug-likeness (QED) is 0.868. The second-order valence-electron chi connectivity index (χ2n) is 3.71. The van der Waals surface area contributed by atoms with Crippen LogP contribution in [0, 0.1) is 6.92 Å². The van der Waals surface area contributed by atoms with Crippen molar-refractivity contribution in [1.82, 2.24) is 9.97 Å². The van der Waals surface area contributed by atoms with Crippen LogP contribution in [0.2, 0.25) is 0 Å². The highest BCUT2D eigenvalue weighted by Crippen LogP contribution is 2.20. The van der Waals surface area contributed by atoms with Crippen molar-refractivity contribution in [2.24, 2.45) is 5.73 Å². The molecule has 1 aromatic heterocycles. The van der Waals surface area contributed by atoms with E-state index in [1.165, 1.54) is 0 Å². The van der Waals surface area contributed by atoms with Gasteiger partial charge in [0, 0.05) is 17.8 Å². The third kappa shape index (κ3) is 3.01. The highest BCUT2D eigenvalue weighted by Gasteiger charge is 2.00. The van der Waals surface area contributed by atoms with Crippen LogP contribution in [0.15, 0.2) is 36.7 Å². The van der Waals surface area contributed by atoms with Crippen LogP contribution in [0.1, 0.15) is 5.69 Å². The number of hydrogen-bond donors (Lipinski definition) is 1. The van der Waals surface area contributed by atoms with Gasteiger partial charge in [-0.3, -0.25) is 0 Å². The molecule has 0 spiro atoms. The van der Waals surface area contributed by atoms with E-state index in [0.29, 0.717) is 13.2 Å². The standard InChI is InChI=1S/C13H15N3O/c1-10-8-13(16-9-15-10)11-2-4-12(5-3-11)17-7-6-14/h2-5,8-9H,6-7,14H2,1H3. The van der Waals surface area contributed by atoms with Crippen molar-refractivity contribution in [3.05, 3.63) is 42.4 Å². The molecule has 0 saturated heterocycles. The Labute approximate surface area is 100 Å². The fourth-order valence-electron chi connectivity index (χ4n) is 1.51. The van der Waals surface area contributed by atoms with Crippen LogP contribution in [0.5, 0.6) is 5.75 Å². The predicted molar refractivity (Wildman–Crippen MR) is 66.8 cm³/mol. The lowest BCUT2D eigenvalue weighted by Gasteiger charge is -2.05. The van der Waals surface area contributed by atoms with E-state index >= 15 is 0 Å². The summed E-state index contributed by atoms with van der Waals surface area (Å²) in [6.45, 7) is 3.00. The minimum absolute atomic E-state index is 0.521. The molecule has 1 aromatic carbocycles. The van der Waals surface area contributed by atoms with Crippen LogP contribution in [0.25, 0.3) is 11.3 Å². The van der Waals surface area contributed by atoms with Crippen LogP contribution in [-0.4, -0.2) is 23.1 Å². The summed E-state index contributed by atoms with van der Waals surface area (Å²) in [5.74, 6) is 0.824. The van der Waals surface area contributed by atoms with Gasteiger partial charge in [-0.15, -0.1) is 0 Å². The zero-order valence-corrected chi connectivity index (χ0v) is 9.76. The third-order valence-corrected chi connectivity index (χ3v) is 2.34. The van der Waals surface area contributed by atoms with Gasteiger partial charge in [-0.2, -0.15) is 0 Å². The molecule has 4 nitrogen and oxygen atoms in total. The van der Waals surface area contributed by atoms with Gasteiger partial charge in [0.1, 0.15) is 18.7 Å². The molecule has 0 aliphatic heterocycles. The Morgan fingerprint density at radius 3 is 2.59 bits per heavy atom. The lowest BCUT2D eigenvalue weighted by molar-refractivity contribution is 0.328. The van der Waals surface area contributed by atoms with Gasteiger partial charge >= 0.3 is 0 Å². The maximum absolute atomic E-state index is 5.41. The zero-order valence-electron chi connectivity index (χ0n) is 9.76. The number of hydrogen-bond acceptors (Lipinski definition) is 4. The first kappa shape index (κ1) is 11.5. The van der Waals surface area contributed by atoms with E-state index in [0.717, 1.165) is 22.7 Å². The molecule has 2 N–H and O–H groups in total. The number of ether oxygens (including phenoxy) is 1. The summed E-state index contributed by atoms with van der Waals surface area (Å²) in [5.41, 5.74) is 8.30. The summed E-state index contributed by atoms with van der Waals surface area (Å²) in [4.78, 5) is 8.30. The molecule has 0 unspecified atom stereocenters. The Hall–Kier alpha value is -1.94. The topological polar surface area (TPSA) is 61.0 Å². The number of aromatic nitrogens is 2. The molecular formula is C13H15N3O. The molecule has 2 rings (SSSR count). The molecule has 0 aliphatic rings. The Morgan fingerprint density at radius 1 is 1.18 bits per heavy atom. The average Bonchev–Trinajstić information content (AvgIpc) is 2.37. The van der Waals surface area contributed by atoms with E-state index in [-0.39, 0.29) is 0 Å². The minimum Gasteiger partial charge on any atom is -0.492 e. The van der Waals surface area contributed by atoms with Gasteiger partial charge < -0.3 is 10.5 Å². The SMILES string of the molecule is Cc1cc(-c2ccc(OCCN)cc2)ncn1. The largest absolute Gasteiger partial charge is 0.492 e. The number of rotatable bonds is 4. The smallest absolute Gasteiger partial charge is 0.119 e. The molecule has 2 aromatic rings. The van der Waals surface area contributed by atoms with Crippen LogP contribution in [-0.2, 0) is 0 Å². The summed E-state index contributed by atoms with van der Waals surface area (Å²) >= 11 is 0. The van der Waals surface area contributed by atoms with Gasteiger partial charge in [0.2, 0.25) is 0 Å². The van der Waals surface area contributed by atoms with Gasteiger partial charge in [-0.25, -0.2) is 9.97 Å². The highest BCUT2D eigenvalue weighted by atomic mass is 16.5. The summed E-state index contributed by atoms with van der Waals surface area (Å²) in [7, 11) is 0. The van der Waals surface area contributed by atoms with Crippen molar-refractivity contribution < 1.29 is 4.74 Å². The van der Waals surface area contributed by atoms with Gasteiger partial charge in [0.05, 0.1) is 5.69 Å². The Bertz CT molecular complexity index is 482. The van der Waals surface area contributed by atoms with Crippen molar-refractivity contribution in [3.63, 3.8) is 0 Å². The second-order valence-corrected chi connectivity index (χ2v) is 3.71. The van der Waals surface area contributed by atoms with Crippen molar-refractivity contribution >= 4 is 0 Å². The number of benzene rings is 1. The van der Waals surface area contributed by atoms with E-state index in [2.05, 4.69) is 9.97 Å². The van der Waals surface area contributed by atoms with Crippen molar-refractivity contribution in [2.75, 3.05) is 13.2 Å². The summed E-state index contributed by atoms with van der Waals surface area (Å²) in [6, 6.07) is 9.75. The minimum atomic E-state index is 0.521. The monoisotopic (exact) mass is 229 g/mol. The Balaban J connectivity index is 2.17. The van der Waals surface area contributed by atoms with Gasteiger partial charge in [-0.05, 0) is 37.3 Å². The molecule has 88 valence electrons. The summed E-state index contributed by atoms with van der Waals surface area (Å²) < 4.78 is 5.41. The van der Waals surface area contributed by atoms with E-state index in [4.69, 9.17) is 10.5 Å². The molecule has 0 radical (unpaired) electrons. The van der Waals surface area contributed by atoms with E-state index in [1.807, 2.05) is 37.3 Å². The molecule has 17 heavy (non-hydrogen) atoms. The Kier molecular flexibility index (Phi) is 3.67. The molecule has 4 heteroatoms. The van der Waals surface area contributed by atoms with Crippen LogP contribution in [0.3, 0.4) is 0 Å². The van der Waals surface area contributed by atoms with Crippen molar-refractivity contribution in [2.45, 2.75) is 6.92 Å². The zero-order chi connectivity index (χ0) is 12.1. The first-order chi connectivity index (χ1) is 8.29. The highest BCUT2D eigenvalue weighted by molar-refractivity contribution is 5.59. The van der Waals surface area contributed by atoms with Crippen LogP contribution < -0.4 is 10.5 Å². The molecule has 0 bridgehead atoms. The molecular weight excluding hydrogens is 214 g/mol. The Morgan fingerprint density at radius 2 is 1.94 bits per heavy atom. The third-order valence-electron chi connectivity index (χ3n) is 2.34. The molecule has 0 aliphatic carbocycles. The first-order valence-corrected chi connectivity index (χ1v) is 5.51. The molecule has 0 atom stereocenters. The van der Waals surface area contributed by atoms with E-state index in [9.17, 15) is 0 Å². The summed E-state index contributed by atoms with van der Waals surface area (Å²) in [6.07, 6.45) is 1.57. The molecule has 0 fully saturated rings. The maximum atomic E-state index is 5.41. The molecule has 1 heterocycles. The van der Waals surface area contributed by atoms with Crippen molar-refractivity contribution in [3.8, 4) is 17.0 Å². The molecule has 0 amide bonds. The van der Waals surface area contributed by atoms with Gasteiger partial charge in [0.25, 0.3) is 0 Å². The van der Waals surface area contributed by atoms with Gasteiger partial charge in [0.15, 0.2) is 0 Å². The van der Waals surface area contributed by atoms with Gasteiger partial charge in [-0.1, -0.05) is 0 Å². The lowest BCUT2D eigenvalue weighted by Crippen LogP contribution is -2.10. The predicted octanol–water partition coefficient (Wildman–Crippen LogP) is 1.79. The fourth-order valence-corrected chi connectivity index (χ4v) is 1.51. The fraction of sp³-hybridized carbons (Fsp3) is 0.231. The summed E-state index contributed by atoms with van der Waals surface area (Å²) in [5, 5.41) is 0. The van der Waals surface area contributed by atoms with E-state index in [1.54, 1.807) is 6.33 Å². The number of nitrogens with zero attached hydrogens (tertiary/aromatic N) is 2. The average molecular weight is 229 g/mol. The van der Waals surface area contributed by atoms with Crippen LogP contribution >= 0.6 is 0 Å². The second kappa shape index (κ2) is 5.41. The van der Waals surface area contributed by atoms with Crippen molar-refractivity contribution in [1.29, 1.82) is 0 Å². The normalized spacial score (nSPS) is 10.2. The first-order valence-electron chi connectivity index (χ1n) is 5.51. The van der Waals surface area contributed by atoms with E-state index < -0.39 is 0 Å². The molecule has 0 saturated carbocycles. The van der Waals surface area contributed by atoms with Crippen LogP contribution in [0.4, 0.5) is 0 Å². The number of nitrogens with two attached hydrogens (primary N) is 1. The lowest BCUT2D eigenvalue weighted by atomic mass is 10.1.